The second-order valence-corrected chi connectivity index (χ2v) is 4.28. The molecule has 1 aromatic heterocycles. The van der Waals surface area contributed by atoms with Crippen LogP contribution < -0.4 is 5.32 Å². The van der Waals surface area contributed by atoms with Crippen molar-refractivity contribution >= 4 is 23.1 Å². The highest BCUT2D eigenvalue weighted by Crippen LogP contribution is 2.20. The number of phenolic OH excluding ortho intramolecular Hbond substituents is 1. The van der Waals surface area contributed by atoms with Gasteiger partial charge in [0.1, 0.15) is 4.88 Å². The van der Waals surface area contributed by atoms with Crippen LogP contribution in [0, 0.1) is 5.82 Å². The molecule has 2 aromatic rings. The molecule has 0 radical (unpaired) electrons. The van der Waals surface area contributed by atoms with Crippen LogP contribution >= 0.6 is 11.5 Å². The molecule has 0 aliphatic carbocycles. The minimum Gasteiger partial charge on any atom is -0.505 e. The van der Waals surface area contributed by atoms with E-state index in [1.54, 1.807) is 0 Å². The minimum absolute atomic E-state index is 0.269. The van der Waals surface area contributed by atoms with Gasteiger partial charge in [-0.3, -0.25) is 4.79 Å². The Balaban J connectivity index is 2.19. The Hall–Kier alpha value is -2.02. The SMILES string of the molecule is CCc1nnsc1C(=O)Nc1ccc(O)c(F)c1. The van der Waals surface area contributed by atoms with Crippen LogP contribution in [0.4, 0.5) is 10.1 Å². The lowest BCUT2D eigenvalue weighted by molar-refractivity contribution is 0.102. The van der Waals surface area contributed by atoms with E-state index in [0.29, 0.717) is 17.0 Å². The Morgan fingerprint density at radius 1 is 1.56 bits per heavy atom. The van der Waals surface area contributed by atoms with Gasteiger partial charge in [0.05, 0.1) is 5.69 Å². The molecule has 7 heteroatoms. The average molecular weight is 267 g/mol. The highest BCUT2D eigenvalue weighted by Gasteiger charge is 2.15. The molecule has 94 valence electrons. The fourth-order valence-electron chi connectivity index (χ4n) is 1.38. The molecule has 1 aromatic carbocycles. The third-order valence-corrected chi connectivity index (χ3v) is 3.07. The summed E-state index contributed by atoms with van der Waals surface area (Å²) < 4.78 is 16.8. The van der Waals surface area contributed by atoms with Crippen LogP contribution in [0.3, 0.4) is 0 Å². The molecule has 0 bridgehead atoms. The molecule has 0 fully saturated rings. The first-order chi connectivity index (χ1) is 8.61. The molecule has 18 heavy (non-hydrogen) atoms. The smallest absolute Gasteiger partial charge is 0.269 e. The van der Waals surface area contributed by atoms with Gasteiger partial charge >= 0.3 is 0 Å². The molecule has 1 heterocycles. The van der Waals surface area contributed by atoms with E-state index in [1.807, 2.05) is 6.92 Å². The minimum atomic E-state index is -0.786. The Morgan fingerprint density at radius 2 is 2.33 bits per heavy atom. The molecule has 0 saturated carbocycles. The molecule has 0 unspecified atom stereocenters. The lowest BCUT2D eigenvalue weighted by Crippen LogP contribution is -2.12. The number of carbonyl (C=O) groups excluding carboxylic acids is 1. The van der Waals surface area contributed by atoms with Gasteiger partial charge in [0.2, 0.25) is 0 Å². The summed E-state index contributed by atoms with van der Waals surface area (Å²) in [6.45, 7) is 1.87. The van der Waals surface area contributed by atoms with E-state index in [-0.39, 0.29) is 11.6 Å². The molecule has 0 spiro atoms. The molecule has 0 atom stereocenters. The number of anilines is 1. The van der Waals surface area contributed by atoms with E-state index in [0.717, 1.165) is 17.6 Å². The van der Waals surface area contributed by atoms with Crippen molar-refractivity contribution in [1.29, 1.82) is 0 Å². The molecule has 2 rings (SSSR count). The first kappa shape index (κ1) is 12.4. The van der Waals surface area contributed by atoms with Gasteiger partial charge in [0.25, 0.3) is 5.91 Å². The quantitative estimate of drug-likeness (QED) is 0.836. The first-order valence-corrected chi connectivity index (χ1v) is 6.00. The van der Waals surface area contributed by atoms with Crippen LogP contribution in [-0.2, 0) is 6.42 Å². The normalized spacial score (nSPS) is 10.3. The van der Waals surface area contributed by atoms with Crippen molar-refractivity contribution < 1.29 is 14.3 Å². The van der Waals surface area contributed by atoms with E-state index in [9.17, 15) is 9.18 Å². The number of nitrogens with zero attached hydrogens (tertiary/aromatic N) is 2. The Kier molecular flexibility index (Phi) is 3.52. The van der Waals surface area contributed by atoms with E-state index in [4.69, 9.17) is 5.11 Å². The van der Waals surface area contributed by atoms with Crippen LogP contribution in [0.1, 0.15) is 22.3 Å². The highest BCUT2D eigenvalue weighted by molar-refractivity contribution is 7.08. The van der Waals surface area contributed by atoms with Crippen molar-refractivity contribution in [3.05, 3.63) is 34.6 Å². The molecular formula is C11H10FN3O2S. The van der Waals surface area contributed by atoms with Gasteiger partial charge in [-0.2, -0.15) is 0 Å². The fourth-order valence-corrected chi connectivity index (χ4v) is 2.03. The number of halogens is 1. The second-order valence-electron chi connectivity index (χ2n) is 3.52. The summed E-state index contributed by atoms with van der Waals surface area (Å²) in [5, 5.41) is 15.4. The molecule has 5 nitrogen and oxygen atoms in total. The van der Waals surface area contributed by atoms with Gasteiger partial charge in [-0.05, 0) is 30.1 Å². The number of hydrogen-bond acceptors (Lipinski definition) is 5. The Morgan fingerprint density at radius 3 is 3.00 bits per heavy atom. The fraction of sp³-hybridized carbons (Fsp3) is 0.182. The molecule has 0 aliphatic heterocycles. The van der Waals surface area contributed by atoms with Gasteiger partial charge in [0.15, 0.2) is 11.6 Å². The van der Waals surface area contributed by atoms with Crippen LogP contribution in [0.5, 0.6) is 5.75 Å². The van der Waals surface area contributed by atoms with Gasteiger partial charge in [-0.25, -0.2) is 4.39 Å². The van der Waals surface area contributed by atoms with Crippen LogP contribution in [0.15, 0.2) is 18.2 Å². The summed E-state index contributed by atoms with van der Waals surface area (Å²) in [4.78, 5) is 12.3. The maximum atomic E-state index is 13.1. The zero-order valence-electron chi connectivity index (χ0n) is 9.48. The number of amides is 1. The first-order valence-electron chi connectivity index (χ1n) is 5.23. The summed E-state index contributed by atoms with van der Waals surface area (Å²) in [5.74, 6) is -1.63. The van der Waals surface area contributed by atoms with Crippen molar-refractivity contribution in [2.75, 3.05) is 5.32 Å². The zero-order chi connectivity index (χ0) is 13.1. The molecule has 1 amide bonds. The van der Waals surface area contributed by atoms with Gasteiger partial charge in [0, 0.05) is 11.8 Å². The number of rotatable bonds is 3. The Labute approximate surface area is 106 Å². The molecular weight excluding hydrogens is 257 g/mol. The number of benzene rings is 1. The monoisotopic (exact) mass is 267 g/mol. The van der Waals surface area contributed by atoms with Gasteiger partial charge in [-0.1, -0.05) is 11.4 Å². The van der Waals surface area contributed by atoms with Crippen molar-refractivity contribution in [3.63, 3.8) is 0 Å². The zero-order valence-corrected chi connectivity index (χ0v) is 10.3. The summed E-state index contributed by atoms with van der Waals surface area (Å²) >= 11 is 0.993. The van der Waals surface area contributed by atoms with Crippen LogP contribution in [-0.4, -0.2) is 20.6 Å². The van der Waals surface area contributed by atoms with E-state index in [2.05, 4.69) is 14.9 Å². The largest absolute Gasteiger partial charge is 0.505 e. The summed E-state index contributed by atoms with van der Waals surface area (Å²) in [6, 6.07) is 3.64. The van der Waals surface area contributed by atoms with Gasteiger partial charge < -0.3 is 10.4 Å². The standard InChI is InChI=1S/C11H10FN3O2S/c1-2-8-10(18-15-14-8)11(17)13-6-3-4-9(16)7(12)5-6/h3-5,16H,2H2,1H3,(H,13,17). The number of aromatic hydroxyl groups is 1. The van der Waals surface area contributed by atoms with Crippen molar-refractivity contribution in [1.82, 2.24) is 9.59 Å². The maximum Gasteiger partial charge on any atom is 0.269 e. The average Bonchev–Trinajstić information content (AvgIpc) is 2.82. The van der Waals surface area contributed by atoms with Crippen LogP contribution in [0.25, 0.3) is 0 Å². The molecule has 0 aliphatic rings. The maximum absolute atomic E-state index is 13.1. The topological polar surface area (TPSA) is 75.1 Å². The highest BCUT2D eigenvalue weighted by atomic mass is 32.1. The van der Waals surface area contributed by atoms with Crippen molar-refractivity contribution in [3.8, 4) is 5.75 Å². The van der Waals surface area contributed by atoms with Crippen molar-refractivity contribution in [2.45, 2.75) is 13.3 Å². The number of nitrogens with one attached hydrogen (secondary N) is 1. The summed E-state index contributed by atoms with van der Waals surface area (Å²) in [7, 11) is 0. The van der Waals surface area contributed by atoms with E-state index < -0.39 is 11.6 Å². The number of phenols is 1. The number of carbonyl (C=O) groups is 1. The predicted octanol–water partition coefficient (Wildman–Crippen LogP) is 2.20. The second kappa shape index (κ2) is 5.09. The van der Waals surface area contributed by atoms with Crippen molar-refractivity contribution in [2.24, 2.45) is 0 Å². The molecule has 2 N–H and O–H groups in total. The summed E-state index contributed by atoms with van der Waals surface area (Å²) in [5.41, 5.74) is 0.877. The third kappa shape index (κ3) is 2.45. The lowest BCUT2D eigenvalue weighted by atomic mass is 10.2. The number of aryl methyl sites for hydroxylation is 1. The van der Waals surface area contributed by atoms with E-state index in [1.165, 1.54) is 12.1 Å². The third-order valence-electron chi connectivity index (χ3n) is 2.30. The number of aromatic nitrogens is 2. The Bertz CT molecular complexity index is 585. The molecule has 0 saturated heterocycles. The van der Waals surface area contributed by atoms with E-state index >= 15 is 0 Å². The predicted molar refractivity (Wildman–Crippen MR) is 65.3 cm³/mol. The summed E-state index contributed by atoms with van der Waals surface area (Å²) in [6.07, 6.45) is 0.600. The van der Waals surface area contributed by atoms with Gasteiger partial charge in [-0.15, -0.1) is 5.10 Å². The lowest BCUT2D eigenvalue weighted by Gasteiger charge is -2.04. The number of hydrogen-bond donors (Lipinski definition) is 2. The van der Waals surface area contributed by atoms with Crippen LogP contribution in [0.2, 0.25) is 0 Å².